The fraction of sp³-hybridized carbons (Fsp3) is 0.625. The van der Waals surface area contributed by atoms with Gasteiger partial charge in [-0.1, -0.05) is 5.16 Å². The van der Waals surface area contributed by atoms with Gasteiger partial charge >= 0.3 is 0 Å². The highest BCUT2D eigenvalue weighted by Crippen LogP contribution is 2.36. The van der Waals surface area contributed by atoms with Gasteiger partial charge in [0.2, 0.25) is 10.0 Å². The monoisotopic (exact) mass is 350 g/mol. The predicted molar refractivity (Wildman–Crippen MR) is 87.2 cm³/mol. The fourth-order valence-corrected chi connectivity index (χ4v) is 5.19. The van der Waals surface area contributed by atoms with Gasteiger partial charge in [-0.2, -0.15) is 4.31 Å². The SMILES string of the molecule is Cc1noc(C)c1S(=O)(=O)N1CC(c2ncc(C)n2CC2CC2)C1. The Kier molecular flexibility index (Phi) is 3.58. The van der Waals surface area contributed by atoms with E-state index in [1.807, 2.05) is 6.20 Å². The van der Waals surface area contributed by atoms with Crippen LogP contribution in [-0.2, 0) is 16.6 Å². The van der Waals surface area contributed by atoms with E-state index in [9.17, 15) is 8.42 Å². The first kappa shape index (κ1) is 15.8. The second-order valence-corrected chi connectivity index (χ2v) is 8.86. The minimum atomic E-state index is -3.54. The molecule has 130 valence electrons. The van der Waals surface area contributed by atoms with Crippen LogP contribution >= 0.6 is 0 Å². The molecular weight excluding hydrogens is 328 g/mol. The summed E-state index contributed by atoms with van der Waals surface area (Å²) in [5, 5.41) is 3.76. The Morgan fingerprint density at radius 2 is 1.96 bits per heavy atom. The summed E-state index contributed by atoms with van der Waals surface area (Å²) in [6.07, 6.45) is 4.46. The molecule has 24 heavy (non-hydrogen) atoms. The van der Waals surface area contributed by atoms with Crippen molar-refractivity contribution >= 4 is 10.0 Å². The van der Waals surface area contributed by atoms with Crippen LogP contribution in [0.15, 0.2) is 15.6 Å². The van der Waals surface area contributed by atoms with Gasteiger partial charge in [-0.3, -0.25) is 0 Å². The third-order valence-corrected chi connectivity index (χ3v) is 7.08. The van der Waals surface area contributed by atoms with Crippen LogP contribution in [0.2, 0.25) is 0 Å². The number of hydrogen-bond acceptors (Lipinski definition) is 5. The second kappa shape index (κ2) is 5.42. The molecule has 1 saturated heterocycles. The summed E-state index contributed by atoms with van der Waals surface area (Å²) in [7, 11) is -3.54. The standard InChI is InChI=1S/C16H22N4O3S/c1-10-6-17-16(20(10)7-13-4-5-13)14-8-19(9-14)24(21,22)15-11(2)18-23-12(15)3/h6,13-14H,4-5,7-9H2,1-3H3. The van der Waals surface area contributed by atoms with Gasteiger partial charge < -0.3 is 9.09 Å². The average Bonchev–Trinajstić information content (AvgIpc) is 3.13. The molecule has 3 heterocycles. The number of aromatic nitrogens is 3. The molecule has 0 radical (unpaired) electrons. The maximum Gasteiger partial charge on any atom is 0.248 e. The highest BCUT2D eigenvalue weighted by atomic mass is 32.2. The molecule has 1 saturated carbocycles. The zero-order chi connectivity index (χ0) is 17.1. The Morgan fingerprint density at radius 1 is 1.25 bits per heavy atom. The summed E-state index contributed by atoms with van der Waals surface area (Å²) in [6.45, 7) is 7.30. The van der Waals surface area contributed by atoms with Crippen LogP contribution < -0.4 is 0 Å². The van der Waals surface area contributed by atoms with E-state index in [0.29, 0.717) is 24.5 Å². The van der Waals surface area contributed by atoms with Gasteiger partial charge in [0.25, 0.3) is 0 Å². The van der Waals surface area contributed by atoms with Crippen LogP contribution in [0.3, 0.4) is 0 Å². The third-order valence-electron chi connectivity index (χ3n) is 5.00. The number of nitrogens with zero attached hydrogens (tertiary/aromatic N) is 4. The van der Waals surface area contributed by atoms with E-state index in [1.54, 1.807) is 13.8 Å². The first-order chi connectivity index (χ1) is 11.4. The summed E-state index contributed by atoms with van der Waals surface area (Å²) in [4.78, 5) is 4.75. The Labute approximate surface area is 141 Å². The maximum atomic E-state index is 12.8. The summed E-state index contributed by atoms with van der Waals surface area (Å²) >= 11 is 0. The van der Waals surface area contributed by atoms with E-state index in [1.165, 1.54) is 17.1 Å². The Hall–Kier alpha value is -1.67. The molecule has 1 aliphatic carbocycles. The molecule has 7 nitrogen and oxygen atoms in total. The van der Waals surface area contributed by atoms with Crippen LogP contribution in [0.4, 0.5) is 0 Å². The molecule has 0 bridgehead atoms. The zero-order valence-electron chi connectivity index (χ0n) is 14.2. The molecule has 2 aromatic heterocycles. The van der Waals surface area contributed by atoms with Crippen LogP contribution in [0.1, 0.15) is 41.7 Å². The summed E-state index contributed by atoms with van der Waals surface area (Å²) < 4.78 is 34.3. The van der Waals surface area contributed by atoms with Crippen molar-refractivity contribution in [3.8, 4) is 0 Å². The average molecular weight is 350 g/mol. The van der Waals surface area contributed by atoms with Gasteiger partial charge in [0.05, 0.1) is 0 Å². The number of sulfonamides is 1. The van der Waals surface area contributed by atoms with Gasteiger partial charge in [-0.05, 0) is 39.5 Å². The number of aryl methyl sites for hydroxylation is 3. The molecule has 0 atom stereocenters. The molecule has 8 heteroatoms. The van der Waals surface area contributed by atoms with Crippen molar-refractivity contribution in [2.75, 3.05) is 13.1 Å². The lowest BCUT2D eigenvalue weighted by Crippen LogP contribution is -2.49. The fourth-order valence-electron chi connectivity index (χ4n) is 3.37. The van der Waals surface area contributed by atoms with Crippen molar-refractivity contribution in [3.05, 3.63) is 29.2 Å². The Bertz CT molecular complexity index is 854. The van der Waals surface area contributed by atoms with Crippen molar-refractivity contribution in [2.45, 2.75) is 51.0 Å². The van der Waals surface area contributed by atoms with E-state index in [0.717, 1.165) is 24.0 Å². The molecule has 4 rings (SSSR count). The molecule has 2 aliphatic rings. The van der Waals surface area contributed by atoms with Gasteiger partial charge in [-0.25, -0.2) is 13.4 Å². The molecule has 0 aromatic carbocycles. The summed E-state index contributed by atoms with van der Waals surface area (Å²) in [5.74, 6) is 2.29. The largest absolute Gasteiger partial charge is 0.360 e. The molecule has 2 fully saturated rings. The van der Waals surface area contributed by atoms with E-state index in [4.69, 9.17) is 4.52 Å². The van der Waals surface area contributed by atoms with Crippen molar-refractivity contribution in [3.63, 3.8) is 0 Å². The molecule has 1 aliphatic heterocycles. The van der Waals surface area contributed by atoms with Crippen molar-refractivity contribution in [1.82, 2.24) is 19.0 Å². The minimum Gasteiger partial charge on any atom is -0.360 e. The number of imidazole rings is 1. The van der Waals surface area contributed by atoms with Crippen molar-refractivity contribution in [2.24, 2.45) is 5.92 Å². The quantitative estimate of drug-likeness (QED) is 0.824. The number of hydrogen-bond donors (Lipinski definition) is 0. The topological polar surface area (TPSA) is 81.2 Å². The Balaban J connectivity index is 1.52. The van der Waals surface area contributed by atoms with Gasteiger partial charge in [0.1, 0.15) is 16.4 Å². The number of rotatable bonds is 5. The van der Waals surface area contributed by atoms with E-state index < -0.39 is 10.0 Å². The molecular formula is C16H22N4O3S. The summed E-state index contributed by atoms with van der Waals surface area (Å²) in [5.41, 5.74) is 1.57. The zero-order valence-corrected chi connectivity index (χ0v) is 15.0. The van der Waals surface area contributed by atoms with Crippen LogP contribution in [-0.4, -0.2) is 40.5 Å². The van der Waals surface area contributed by atoms with E-state index in [2.05, 4.69) is 21.6 Å². The minimum absolute atomic E-state index is 0.160. The van der Waals surface area contributed by atoms with E-state index in [-0.39, 0.29) is 10.8 Å². The van der Waals surface area contributed by atoms with Gasteiger partial charge in [0, 0.05) is 37.4 Å². The predicted octanol–water partition coefficient (Wildman–Crippen LogP) is 1.99. The normalized spacial score (nSPS) is 19.6. The first-order valence-corrected chi connectivity index (χ1v) is 9.77. The smallest absolute Gasteiger partial charge is 0.248 e. The molecule has 0 amide bonds. The lowest BCUT2D eigenvalue weighted by molar-refractivity contribution is 0.249. The van der Waals surface area contributed by atoms with Crippen LogP contribution in [0, 0.1) is 26.7 Å². The molecule has 0 spiro atoms. The van der Waals surface area contributed by atoms with Gasteiger partial charge in [0.15, 0.2) is 5.76 Å². The first-order valence-electron chi connectivity index (χ1n) is 8.33. The lowest BCUT2D eigenvalue weighted by atomic mass is 10.0. The summed E-state index contributed by atoms with van der Waals surface area (Å²) in [6, 6.07) is 0. The van der Waals surface area contributed by atoms with Gasteiger partial charge in [-0.15, -0.1) is 0 Å². The van der Waals surface area contributed by atoms with Crippen molar-refractivity contribution < 1.29 is 12.9 Å². The third kappa shape index (κ3) is 2.48. The molecule has 2 aromatic rings. The van der Waals surface area contributed by atoms with Crippen LogP contribution in [0.25, 0.3) is 0 Å². The Morgan fingerprint density at radius 3 is 2.54 bits per heavy atom. The second-order valence-electron chi connectivity index (χ2n) is 6.98. The van der Waals surface area contributed by atoms with E-state index >= 15 is 0 Å². The lowest BCUT2D eigenvalue weighted by Gasteiger charge is -2.37. The highest BCUT2D eigenvalue weighted by Gasteiger charge is 2.42. The molecule has 0 unspecified atom stereocenters. The van der Waals surface area contributed by atoms with Crippen molar-refractivity contribution in [1.29, 1.82) is 0 Å². The maximum absolute atomic E-state index is 12.8. The molecule has 0 N–H and O–H groups in total. The highest BCUT2D eigenvalue weighted by molar-refractivity contribution is 7.89. The van der Waals surface area contributed by atoms with Crippen LogP contribution in [0.5, 0.6) is 0 Å².